The number of rotatable bonds is 3. The fraction of sp³-hybridized carbons (Fsp3) is 0.529. The summed E-state index contributed by atoms with van der Waals surface area (Å²) < 4.78 is 1.97. The molecular weight excluding hydrogens is 334 g/mol. The number of anilines is 2. The molecule has 0 aromatic carbocycles. The molecular formula is C17H21N7S. The van der Waals surface area contributed by atoms with Crippen LogP contribution in [-0.2, 0) is 0 Å². The number of hydrogen-bond acceptors (Lipinski definition) is 7. The van der Waals surface area contributed by atoms with E-state index in [4.69, 9.17) is 5.10 Å². The molecule has 2 aliphatic rings. The third-order valence-corrected chi connectivity index (χ3v) is 6.09. The van der Waals surface area contributed by atoms with Crippen LogP contribution >= 0.6 is 11.3 Å². The number of thiazole rings is 1. The number of aromatic nitrogens is 5. The Balaban J connectivity index is 1.38. The Bertz CT molecular complexity index is 845. The van der Waals surface area contributed by atoms with Gasteiger partial charge in [-0.1, -0.05) is 0 Å². The van der Waals surface area contributed by atoms with Crippen LogP contribution < -0.4 is 9.80 Å². The molecule has 0 unspecified atom stereocenters. The number of nitrogens with zero attached hydrogens (tertiary/aromatic N) is 7. The summed E-state index contributed by atoms with van der Waals surface area (Å²) in [5, 5.41) is 16.8. The van der Waals surface area contributed by atoms with Crippen molar-refractivity contribution in [3.63, 3.8) is 0 Å². The first-order chi connectivity index (χ1) is 12.4. The van der Waals surface area contributed by atoms with Crippen molar-refractivity contribution < 1.29 is 0 Å². The van der Waals surface area contributed by atoms with Gasteiger partial charge in [0.15, 0.2) is 16.6 Å². The predicted molar refractivity (Wildman–Crippen MR) is 98.5 cm³/mol. The van der Waals surface area contributed by atoms with Gasteiger partial charge in [-0.2, -0.15) is 4.52 Å². The highest BCUT2D eigenvalue weighted by Gasteiger charge is 2.26. The van der Waals surface area contributed by atoms with Crippen LogP contribution in [0.25, 0.3) is 5.65 Å². The van der Waals surface area contributed by atoms with E-state index in [1.165, 1.54) is 12.8 Å². The number of fused-ring (bicyclic) bond motifs is 1. The summed E-state index contributed by atoms with van der Waals surface area (Å²) in [6.45, 7) is 4.22. The lowest BCUT2D eigenvalue weighted by molar-refractivity contribution is 0.477. The average molecular weight is 355 g/mol. The first-order valence-electron chi connectivity index (χ1n) is 9.00. The Hall–Kier alpha value is -2.22. The van der Waals surface area contributed by atoms with Gasteiger partial charge in [0.05, 0.1) is 0 Å². The van der Waals surface area contributed by atoms with Crippen LogP contribution in [-0.4, -0.2) is 51.0 Å². The molecule has 0 N–H and O–H groups in total. The van der Waals surface area contributed by atoms with Crippen LogP contribution in [0, 0.1) is 0 Å². The highest BCUT2D eigenvalue weighted by atomic mass is 32.1. The molecule has 0 radical (unpaired) electrons. The Kier molecular flexibility index (Phi) is 3.77. The number of piperidine rings is 1. The van der Waals surface area contributed by atoms with Crippen LogP contribution in [0.3, 0.4) is 0 Å². The third-order valence-electron chi connectivity index (χ3n) is 5.25. The van der Waals surface area contributed by atoms with E-state index >= 15 is 0 Å². The first-order valence-corrected chi connectivity index (χ1v) is 9.88. The fourth-order valence-electron chi connectivity index (χ4n) is 3.87. The van der Waals surface area contributed by atoms with Crippen molar-refractivity contribution in [2.45, 2.75) is 31.6 Å². The van der Waals surface area contributed by atoms with Gasteiger partial charge in [-0.25, -0.2) is 4.98 Å². The summed E-state index contributed by atoms with van der Waals surface area (Å²) in [7, 11) is 0. The van der Waals surface area contributed by atoms with E-state index in [1.807, 2.05) is 22.2 Å². The maximum atomic E-state index is 4.85. The molecule has 0 bridgehead atoms. The molecule has 3 aromatic rings. The van der Waals surface area contributed by atoms with Gasteiger partial charge in [-0.05, 0) is 37.8 Å². The van der Waals surface area contributed by atoms with Crippen LogP contribution in [0.15, 0.2) is 23.7 Å². The summed E-state index contributed by atoms with van der Waals surface area (Å²) in [6, 6.07) is 4.12. The normalized spacial score (nSPS) is 19.2. The standard InChI is InChI=1S/C17H21N7S/c1-2-9-22(8-1)15-4-3-14-19-20-16(24(14)21-15)13-5-10-23(11-6-13)17-18-7-12-25-17/h3-4,7,12-13H,1-2,5-6,8-11H2. The van der Waals surface area contributed by atoms with Gasteiger partial charge in [-0.3, -0.25) is 0 Å². The number of hydrogen-bond donors (Lipinski definition) is 0. The SMILES string of the molecule is c1csc(N2CCC(c3nnc4ccc(N5CCCC5)nn34)CC2)n1. The van der Waals surface area contributed by atoms with Gasteiger partial charge in [0.2, 0.25) is 0 Å². The lowest BCUT2D eigenvalue weighted by Crippen LogP contribution is -2.33. The molecule has 25 heavy (non-hydrogen) atoms. The van der Waals surface area contributed by atoms with Crippen molar-refractivity contribution in [1.82, 2.24) is 24.8 Å². The molecule has 0 spiro atoms. The van der Waals surface area contributed by atoms with Gasteiger partial charge in [0, 0.05) is 43.7 Å². The van der Waals surface area contributed by atoms with Crippen LogP contribution in [0.5, 0.6) is 0 Å². The lowest BCUT2D eigenvalue weighted by Gasteiger charge is -2.30. The van der Waals surface area contributed by atoms with E-state index < -0.39 is 0 Å². The molecule has 2 saturated heterocycles. The molecule has 130 valence electrons. The van der Waals surface area contributed by atoms with E-state index in [2.05, 4.69) is 31.0 Å². The average Bonchev–Trinajstić information content (AvgIpc) is 3.42. The van der Waals surface area contributed by atoms with E-state index in [9.17, 15) is 0 Å². The van der Waals surface area contributed by atoms with Crippen molar-refractivity contribution >= 4 is 27.9 Å². The highest BCUT2D eigenvalue weighted by Crippen LogP contribution is 2.30. The van der Waals surface area contributed by atoms with Crippen LogP contribution in [0.2, 0.25) is 0 Å². The van der Waals surface area contributed by atoms with Crippen molar-refractivity contribution in [2.75, 3.05) is 36.0 Å². The summed E-state index contributed by atoms with van der Waals surface area (Å²) in [6.07, 6.45) is 6.52. The predicted octanol–water partition coefficient (Wildman–Crippen LogP) is 2.57. The molecule has 0 saturated carbocycles. The first kappa shape index (κ1) is 15.1. The summed E-state index contributed by atoms with van der Waals surface area (Å²) in [5.74, 6) is 2.47. The molecule has 0 atom stereocenters. The maximum absolute atomic E-state index is 4.85. The van der Waals surface area contributed by atoms with Gasteiger partial charge in [-0.15, -0.1) is 26.6 Å². The third kappa shape index (κ3) is 2.74. The highest BCUT2D eigenvalue weighted by molar-refractivity contribution is 7.13. The second kappa shape index (κ2) is 6.25. The molecule has 5 rings (SSSR count). The van der Waals surface area contributed by atoms with E-state index in [0.29, 0.717) is 5.92 Å². The van der Waals surface area contributed by atoms with Crippen molar-refractivity contribution in [2.24, 2.45) is 0 Å². The second-order valence-corrected chi connectivity index (χ2v) is 7.66. The lowest BCUT2D eigenvalue weighted by atomic mass is 9.96. The fourth-order valence-corrected chi connectivity index (χ4v) is 4.56. The molecule has 0 aliphatic carbocycles. The van der Waals surface area contributed by atoms with Crippen LogP contribution in [0.4, 0.5) is 10.9 Å². The Morgan fingerprint density at radius 2 is 1.80 bits per heavy atom. The Labute approximate surface area is 150 Å². The van der Waals surface area contributed by atoms with Crippen LogP contribution in [0.1, 0.15) is 37.4 Å². The maximum Gasteiger partial charge on any atom is 0.185 e. The smallest absolute Gasteiger partial charge is 0.185 e. The summed E-state index contributed by atoms with van der Waals surface area (Å²) in [5.41, 5.74) is 0.848. The van der Waals surface area contributed by atoms with Gasteiger partial charge < -0.3 is 9.80 Å². The molecule has 3 aromatic heterocycles. The zero-order valence-electron chi connectivity index (χ0n) is 14.1. The summed E-state index contributed by atoms with van der Waals surface area (Å²) >= 11 is 1.71. The molecule has 2 aliphatic heterocycles. The molecule has 8 heteroatoms. The van der Waals surface area contributed by atoms with Crippen molar-refractivity contribution in [3.8, 4) is 0 Å². The zero-order chi connectivity index (χ0) is 16.6. The minimum Gasteiger partial charge on any atom is -0.355 e. The monoisotopic (exact) mass is 355 g/mol. The topological polar surface area (TPSA) is 62.5 Å². The van der Waals surface area contributed by atoms with E-state index in [0.717, 1.165) is 61.4 Å². The van der Waals surface area contributed by atoms with Gasteiger partial charge in [0.1, 0.15) is 5.82 Å². The van der Waals surface area contributed by atoms with Gasteiger partial charge in [0.25, 0.3) is 0 Å². The molecule has 7 nitrogen and oxygen atoms in total. The second-order valence-electron chi connectivity index (χ2n) is 6.79. The largest absolute Gasteiger partial charge is 0.355 e. The Morgan fingerprint density at radius 1 is 0.960 bits per heavy atom. The van der Waals surface area contributed by atoms with E-state index in [1.54, 1.807) is 11.3 Å². The minimum absolute atomic E-state index is 0.410. The zero-order valence-corrected chi connectivity index (χ0v) is 14.9. The molecule has 5 heterocycles. The Morgan fingerprint density at radius 3 is 2.56 bits per heavy atom. The van der Waals surface area contributed by atoms with E-state index in [-0.39, 0.29) is 0 Å². The van der Waals surface area contributed by atoms with Gasteiger partial charge >= 0.3 is 0 Å². The molecule has 2 fully saturated rings. The summed E-state index contributed by atoms with van der Waals surface area (Å²) in [4.78, 5) is 9.15. The quantitative estimate of drug-likeness (QED) is 0.720. The van der Waals surface area contributed by atoms with Crippen molar-refractivity contribution in [1.29, 1.82) is 0 Å². The van der Waals surface area contributed by atoms with Crippen molar-refractivity contribution in [3.05, 3.63) is 29.5 Å². The molecule has 0 amide bonds. The minimum atomic E-state index is 0.410.